The van der Waals surface area contributed by atoms with Crippen molar-refractivity contribution in [2.24, 2.45) is 10.7 Å². The fraction of sp³-hybridized carbons (Fsp3) is 0.138. The highest BCUT2D eigenvalue weighted by Crippen LogP contribution is 2.41. The molecule has 41 heavy (non-hydrogen) atoms. The number of halogens is 3. The summed E-state index contributed by atoms with van der Waals surface area (Å²) in [6.45, 7) is 0.117. The van der Waals surface area contributed by atoms with Gasteiger partial charge in [-0.3, -0.25) is 4.79 Å². The normalized spacial score (nSPS) is 14.7. The molecular weight excluding hydrogens is 554 g/mol. The Morgan fingerprint density at radius 2 is 1.80 bits per heavy atom. The maximum Gasteiger partial charge on any atom is 0.326 e. The second-order valence-corrected chi connectivity index (χ2v) is 9.57. The molecule has 9 nitrogen and oxygen atoms in total. The minimum atomic E-state index is -1.16. The van der Waals surface area contributed by atoms with Crippen molar-refractivity contribution in [3.8, 4) is 0 Å². The van der Waals surface area contributed by atoms with E-state index in [0.717, 1.165) is 5.56 Å². The molecule has 0 radical (unpaired) electrons. The molecule has 0 spiro atoms. The number of aliphatic carboxylic acids is 1. The van der Waals surface area contributed by atoms with Crippen LogP contribution < -0.4 is 16.4 Å². The highest BCUT2D eigenvalue weighted by molar-refractivity contribution is 6.69. The van der Waals surface area contributed by atoms with E-state index in [2.05, 4.69) is 25.6 Å². The second kappa shape index (κ2) is 11.8. The quantitative estimate of drug-likeness (QED) is 0.307. The topological polar surface area (TPSA) is 143 Å². The second-order valence-electron chi connectivity index (χ2n) is 9.18. The summed E-state index contributed by atoms with van der Waals surface area (Å²) in [5, 5.41) is 14.8. The van der Waals surface area contributed by atoms with Crippen molar-refractivity contribution in [1.29, 1.82) is 0 Å². The first-order chi connectivity index (χ1) is 19.7. The molecule has 2 heterocycles. The highest BCUT2D eigenvalue weighted by Gasteiger charge is 2.27. The number of benzene rings is 2. The SMILES string of the molecule is NCC[C@@H](NC(=O)c1ccc(Nc2ncc3c(n2)C2=CN=C(Cl)C=C(c4c(F)cccc4F)C2=CC3)cc1)C(=O)O. The third-order valence-electron chi connectivity index (χ3n) is 6.50. The summed E-state index contributed by atoms with van der Waals surface area (Å²) in [6, 6.07) is 8.87. The Hall–Kier alpha value is -4.74. The number of carbonyl (C=O) groups is 2. The fourth-order valence-corrected chi connectivity index (χ4v) is 4.66. The van der Waals surface area contributed by atoms with Crippen LogP contribution in [0, 0.1) is 11.6 Å². The van der Waals surface area contributed by atoms with Crippen molar-refractivity contribution < 1.29 is 23.5 Å². The van der Waals surface area contributed by atoms with Gasteiger partial charge in [0.1, 0.15) is 22.8 Å². The summed E-state index contributed by atoms with van der Waals surface area (Å²) in [7, 11) is 0. The standard InChI is InChI=1S/C29H23ClF2N6O3/c30-24-12-19(25-21(31)2-1-3-22(25)32)18-9-6-16-13-35-29(38-26(16)20(18)14-34-24)36-17-7-4-15(5-8-17)27(39)37-23(10-11-33)28(40)41/h1-5,7-9,12-14,23H,6,10-11,33H2,(H,37,39)(H,40,41)(H,35,36,38)/t23-/m1/s1. The lowest BCUT2D eigenvalue weighted by Gasteiger charge is -2.22. The zero-order chi connectivity index (χ0) is 29.1. The average molecular weight is 577 g/mol. The molecule has 2 aliphatic rings. The summed E-state index contributed by atoms with van der Waals surface area (Å²) in [5.41, 5.74) is 8.66. The largest absolute Gasteiger partial charge is 0.480 e. The molecule has 2 aromatic carbocycles. The minimum absolute atomic E-state index is 0.0567. The van der Waals surface area contributed by atoms with E-state index < -0.39 is 29.6 Å². The predicted octanol–water partition coefficient (Wildman–Crippen LogP) is 4.59. The van der Waals surface area contributed by atoms with Gasteiger partial charge >= 0.3 is 5.97 Å². The van der Waals surface area contributed by atoms with Crippen LogP contribution in [0.1, 0.15) is 33.6 Å². The van der Waals surface area contributed by atoms with Crippen LogP contribution in [0.4, 0.5) is 20.4 Å². The molecule has 0 bridgehead atoms. The Kier molecular flexibility index (Phi) is 7.99. The first-order valence-corrected chi connectivity index (χ1v) is 12.9. The molecule has 1 amide bonds. The zero-order valence-corrected chi connectivity index (χ0v) is 22.1. The Labute approximate surface area is 238 Å². The lowest BCUT2D eigenvalue weighted by atomic mass is 9.84. The zero-order valence-electron chi connectivity index (χ0n) is 21.4. The van der Waals surface area contributed by atoms with Gasteiger partial charge in [-0.15, -0.1) is 0 Å². The van der Waals surface area contributed by atoms with Gasteiger partial charge in [0.15, 0.2) is 0 Å². The van der Waals surface area contributed by atoms with E-state index in [4.69, 9.17) is 17.3 Å². The lowest BCUT2D eigenvalue weighted by molar-refractivity contribution is -0.139. The number of nitrogens with one attached hydrogen (secondary N) is 2. The molecule has 12 heteroatoms. The van der Waals surface area contributed by atoms with Gasteiger partial charge in [-0.25, -0.2) is 28.5 Å². The molecule has 0 fully saturated rings. The number of fused-ring (bicyclic) bond motifs is 3. The maximum atomic E-state index is 14.8. The fourth-order valence-electron chi connectivity index (χ4n) is 4.51. The van der Waals surface area contributed by atoms with Crippen LogP contribution in [-0.2, 0) is 11.2 Å². The predicted molar refractivity (Wildman–Crippen MR) is 152 cm³/mol. The summed E-state index contributed by atoms with van der Waals surface area (Å²) >= 11 is 6.24. The highest BCUT2D eigenvalue weighted by atomic mass is 35.5. The van der Waals surface area contributed by atoms with Crippen molar-refractivity contribution in [3.05, 3.63) is 107 Å². The maximum absolute atomic E-state index is 14.8. The molecule has 1 aliphatic carbocycles. The van der Waals surface area contributed by atoms with Crippen LogP contribution in [0.2, 0.25) is 0 Å². The van der Waals surface area contributed by atoms with Crippen LogP contribution in [0.25, 0.3) is 11.1 Å². The van der Waals surface area contributed by atoms with E-state index in [1.807, 2.05) is 6.08 Å². The summed E-state index contributed by atoms with van der Waals surface area (Å²) in [5.74, 6) is -2.93. The van der Waals surface area contributed by atoms with Gasteiger partial charge in [0.05, 0.1) is 11.3 Å². The van der Waals surface area contributed by atoms with Crippen molar-refractivity contribution in [3.63, 3.8) is 0 Å². The van der Waals surface area contributed by atoms with Crippen molar-refractivity contribution >= 4 is 51.4 Å². The molecule has 0 saturated carbocycles. The van der Waals surface area contributed by atoms with Crippen molar-refractivity contribution in [2.75, 3.05) is 11.9 Å². The van der Waals surface area contributed by atoms with Gasteiger partial charge in [0.2, 0.25) is 5.95 Å². The van der Waals surface area contributed by atoms with Gasteiger partial charge in [0, 0.05) is 34.8 Å². The van der Waals surface area contributed by atoms with Crippen LogP contribution >= 0.6 is 11.6 Å². The number of aromatic nitrogens is 2. The number of rotatable bonds is 8. The third kappa shape index (κ3) is 5.91. The smallest absolute Gasteiger partial charge is 0.326 e. The summed E-state index contributed by atoms with van der Waals surface area (Å²) in [4.78, 5) is 37.0. The van der Waals surface area contributed by atoms with Gasteiger partial charge in [-0.2, -0.15) is 0 Å². The van der Waals surface area contributed by atoms with E-state index in [0.29, 0.717) is 28.9 Å². The van der Waals surface area contributed by atoms with E-state index in [1.54, 1.807) is 18.3 Å². The van der Waals surface area contributed by atoms with Gasteiger partial charge in [0.25, 0.3) is 5.91 Å². The Balaban J connectivity index is 1.39. The van der Waals surface area contributed by atoms with Crippen LogP contribution in [0.15, 0.2) is 77.6 Å². The Bertz CT molecular complexity index is 1650. The number of carboxylic acid groups (broad SMARTS) is 1. The summed E-state index contributed by atoms with van der Waals surface area (Å²) in [6.07, 6.45) is 6.93. The van der Waals surface area contributed by atoms with Crippen LogP contribution in [0.5, 0.6) is 0 Å². The first kappa shape index (κ1) is 27.8. The van der Waals surface area contributed by atoms with Crippen molar-refractivity contribution in [1.82, 2.24) is 15.3 Å². The van der Waals surface area contributed by atoms with E-state index in [9.17, 15) is 23.5 Å². The number of aliphatic imine (C=N–C) groups is 1. The molecule has 5 rings (SSSR count). The molecule has 0 saturated heterocycles. The van der Waals surface area contributed by atoms with Crippen molar-refractivity contribution in [2.45, 2.75) is 18.9 Å². The molecular formula is C29H23ClF2N6O3. The summed E-state index contributed by atoms with van der Waals surface area (Å²) < 4.78 is 29.5. The van der Waals surface area contributed by atoms with Gasteiger partial charge < -0.3 is 21.5 Å². The van der Waals surface area contributed by atoms with Crippen LogP contribution in [0.3, 0.4) is 0 Å². The monoisotopic (exact) mass is 576 g/mol. The molecule has 1 aliphatic heterocycles. The van der Waals surface area contributed by atoms with E-state index >= 15 is 0 Å². The minimum Gasteiger partial charge on any atom is -0.480 e. The Morgan fingerprint density at radius 3 is 2.49 bits per heavy atom. The van der Waals surface area contributed by atoms with E-state index in [1.165, 1.54) is 42.6 Å². The van der Waals surface area contributed by atoms with E-state index in [-0.39, 0.29) is 40.8 Å². The number of hydrogen-bond donors (Lipinski definition) is 4. The molecule has 208 valence electrons. The third-order valence-corrected chi connectivity index (χ3v) is 6.71. The number of allylic oxidation sites excluding steroid dienone is 5. The van der Waals surface area contributed by atoms with Crippen LogP contribution in [-0.4, -0.2) is 44.7 Å². The number of carboxylic acids is 1. The number of carbonyl (C=O) groups excluding carboxylic acids is 1. The van der Waals surface area contributed by atoms with Gasteiger partial charge in [-0.05, 0) is 73.0 Å². The van der Waals surface area contributed by atoms with Gasteiger partial charge in [-0.1, -0.05) is 23.7 Å². The molecule has 1 aromatic heterocycles. The Morgan fingerprint density at radius 1 is 1.07 bits per heavy atom. The molecule has 0 unspecified atom stereocenters. The molecule has 5 N–H and O–H groups in total. The number of nitrogens with two attached hydrogens (primary N) is 1. The number of amides is 1. The number of hydrogen-bond acceptors (Lipinski definition) is 7. The average Bonchev–Trinajstić information content (AvgIpc) is 3.11. The molecule has 1 atom stereocenters. The number of anilines is 2. The lowest BCUT2D eigenvalue weighted by Crippen LogP contribution is -2.42. The molecule has 3 aromatic rings. The number of nitrogens with zero attached hydrogens (tertiary/aromatic N) is 3. The first-order valence-electron chi connectivity index (χ1n) is 12.5.